The minimum Gasteiger partial charge on any atom is -0.497 e. The molecule has 0 aliphatic heterocycles. The van der Waals surface area contributed by atoms with E-state index in [9.17, 15) is 4.79 Å². The van der Waals surface area contributed by atoms with Crippen LogP contribution in [0, 0.1) is 0 Å². The third-order valence-corrected chi connectivity index (χ3v) is 3.12. The molecular formula is C15H19N3O2. The van der Waals surface area contributed by atoms with Gasteiger partial charge in [0.25, 0.3) is 5.91 Å². The Morgan fingerprint density at radius 1 is 1.40 bits per heavy atom. The van der Waals surface area contributed by atoms with Crippen LogP contribution < -0.4 is 10.1 Å². The van der Waals surface area contributed by atoms with Crippen LogP contribution in [0.2, 0.25) is 0 Å². The molecule has 1 aromatic heterocycles. The van der Waals surface area contributed by atoms with Gasteiger partial charge in [0.2, 0.25) is 0 Å². The molecule has 2 rings (SSSR count). The zero-order valence-corrected chi connectivity index (χ0v) is 11.8. The first-order chi connectivity index (χ1) is 9.70. The van der Waals surface area contributed by atoms with Gasteiger partial charge in [-0.05, 0) is 36.6 Å². The number of rotatable bonds is 6. The standard InChI is InChI=1S/C15H19N3O2/c1-18-14(8-10-17-18)15(19)16-9-4-6-12-5-3-7-13(11-12)20-2/h3,5,7-8,10-11H,4,6,9H2,1-2H3,(H,16,19). The number of hydrogen-bond donors (Lipinski definition) is 1. The number of nitrogens with zero attached hydrogens (tertiary/aromatic N) is 2. The molecule has 1 N–H and O–H groups in total. The van der Waals surface area contributed by atoms with Crippen molar-refractivity contribution in [3.8, 4) is 5.75 Å². The van der Waals surface area contributed by atoms with Gasteiger partial charge in [-0.15, -0.1) is 0 Å². The highest BCUT2D eigenvalue weighted by Crippen LogP contribution is 2.13. The molecule has 1 aromatic carbocycles. The van der Waals surface area contributed by atoms with Crippen molar-refractivity contribution in [2.45, 2.75) is 12.8 Å². The van der Waals surface area contributed by atoms with Crippen molar-refractivity contribution in [2.75, 3.05) is 13.7 Å². The first-order valence-electron chi connectivity index (χ1n) is 6.60. The molecule has 5 heteroatoms. The third-order valence-electron chi connectivity index (χ3n) is 3.12. The summed E-state index contributed by atoms with van der Waals surface area (Å²) in [4.78, 5) is 11.8. The summed E-state index contributed by atoms with van der Waals surface area (Å²) in [7, 11) is 3.42. The van der Waals surface area contributed by atoms with Gasteiger partial charge in [-0.3, -0.25) is 9.48 Å². The van der Waals surface area contributed by atoms with Crippen molar-refractivity contribution < 1.29 is 9.53 Å². The van der Waals surface area contributed by atoms with E-state index in [4.69, 9.17) is 4.74 Å². The second kappa shape index (κ2) is 6.75. The Bertz CT molecular complexity index is 578. The van der Waals surface area contributed by atoms with Gasteiger partial charge >= 0.3 is 0 Å². The summed E-state index contributed by atoms with van der Waals surface area (Å²) in [6.07, 6.45) is 3.41. The Hall–Kier alpha value is -2.30. The number of benzene rings is 1. The van der Waals surface area contributed by atoms with E-state index in [0.29, 0.717) is 12.2 Å². The Morgan fingerprint density at radius 2 is 2.25 bits per heavy atom. The molecule has 0 bridgehead atoms. The maximum atomic E-state index is 11.8. The van der Waals surface area contributed by atoms with Gasteiger partial charge in [-0.25, -0.2) is 0 Å². The molecular weight excluding hydrogens is 254 g/mol. The maximum absolute atomic E-state index is 11.8. The van der Waals surface area contributed by atoms with E-state index in [1.54, 1.807) is 31.1 Å². The predicted octanol–water partition coefficient (Wildman–Crippen LogP) is 1.79. The zero-order chi connectivity index (χ0) is 14.4. The van der Waals surface area contributed by atoms with Crippen molar-refractivity contribution in [2.24, 2.45) is 7.05 Å². The van der Waals surface area contributed by atoms with E-state index in [-0.39, 0.29) is 5.91 Å². The van der Waals surface area contributed by atoms with Crippen LogP contribution in [0.15, 0.2) is 36.5 Å². The van der Waals surface area contributed by atoms with E-state index in [2.05, 4.69) is 16.5 Å². The Balaban J connectivity index is 1.76. The number of carbonyl (C=O) groups is 1. The normalized spacial score (nSPS) is 10.3. The van der Waals surface area contributed by atoms with E-state index >= 15 is 0 Å². The topological polar surface area (TPSA) is 56.1 Å². The highest BCUT2D eigenvalue weighted by molar-refractivity contribution is 5.92. The van der Waals surface area contributed by atoms with Crippen molar-refractivity contribution in [1.29, 1.82) is 0 Å². The number of methoxy groups -OCH3 is 1. The lowest BCUT2D eigenvalue weighted by Crippen LogP contribution is -2.26. The van der Waals surface area contributed by atoms with Gasteiger partial charge in [0, 0.05) is 19.8 Å². The van der Waals surface area contributed by atoms with Gasteiger partial charge in [0.1, 0.15) is 11.4 Å². The van der Waals surface area contributed by atoms with E-state index in [1.165, 1.54) is 5.56 Å². The lowest BCUT2D eigenvalue weighted by molar-refractivity contribution is 0.0944. The number of ether oxygens (including phenoxy) is 1. The van der Waals surface area contributed by atoms with Crippen LogP contribution in [0.5, 0.6) is 5.75 Å². The van der Waals surface area contributed by atoms with Crippen molar-refractivity contribution in [3.05, 3.63) is 47.8 Å². The molecule has 0 aliphatic rings. The Morgan fingerprint density at radius 3 is 2.95 bits per heavy atom. The maximum Gasteiger partial charge on any atom is 0.269 e. The molecule has 0 atom stereocenters. The Kier molecular flexibility index (Phi) is 4.76. The highest BCUT2D eigenvalue weighted by atomic mass is 16.5. The van der Waals surface area contributed by atoms with Crippen LogP contribution in [0.25, 0.3) is 0 Å². The van der Waals surface area contributed by atoms with Crippen LogP contribution >= 0.6 is 0 Å². The summed E-state index contributed by atoms with van der Waals surface area (Å²) in [6.45, 7) is 0.640. The first kappa shape index (κ1) is 14.1. The third kappa shape index (κ3) is 3.60. The molecule has 0 saturated heterocycles. The predicted molar refractivity (Wildman–Crippen MR) is 76.9 cm³/mol. The molecule has 0 aliphatic carbocycles. The first-order valence-corrected chi connectivity index (χ1v) is 6.60. The van der Waals surface area contributed by atoms with E-state index in [0.717, 1.165) is 18.6 Å². The molecule has 0 fully saturated rings. The lowest BCUT2D eigenvalue weighted by atomic mass is 10.1. The van der Waals surface area contributed by atoms with E-state index < -0.39 is 0 Å². The fraction of sp³-hybridized carbons (Fsp3) is 0.333. The number of aryl methyl sites for hydroxylation is 2. The van der Waals surface area contributed by atoms with Gasteiger partial charge in [0.05, 0.1) is 7.11 Å². The van der Waals surface area contributed by atoms with Crippen LogP contribution in [-0.4, -0.2) is 29.3 Å². The molecule has 1 amide bonds. The van der Waals surface area contributed by atoms with Crippen molar-refractivity contribution >= 4 is 5.91 Å². The molecule has 0 radical (unpaired) electrons. The Labute approximate surface area is 118 Å². The van der Waals surface area contributed by atoms with Crippen LogP contribution in [-0.2, 0) is 13.5 Å². The van der Waals surface area contributed by atoms with Gasteiger partial charge in [-0.1, -0.05) is 12.1 Å². The summed E-state index contributed by atoms with van der Waals surface area (Å²) in [6, 6.07) is 9.68. The molecule has 0 unspecified atom stereocenters. The fourth-order valence-corrected chi connectivity index (χ4v) is 2.01. The van der Waals surface area contributed by atoms with Crippen LogP contribution in [0.4, 0.5) is 0 Å². The SMILES string of the molecule is COc1cccc(CCCNC(=O)c2ccnn2C)c1. The minimum atomic E-state index is -0.0874. The lowest BCUT2D eigenvalue weighted by Gasteiger charge is -2.06. The number of hydrogen-bond acceptors (Lipinski definition) is 3. The molecule has 0 saturated carbocycles. The van der Waals surface area contributed by atoms with E-state index in [1.807, 2.05) is 18.2 Å². The summed E-state index contributed by atoms with van der Waals surface area (Å²) in [5.74, 6) is 0.775. The minimum absolute atomic E-state index is 0.0874. The zero-order valence-electron chi connectivity index (χ0n) is 11.8. The molecule has 2 aromatic rings. The summed E-state index contributed by atoms with van der Waals surface area (Å²) >= 11 is 0. The van der Waals surface area contributed by atoms with Gasteiger partial charge < -0.3 is 10.1 Å². The average Bonchev–Trinajstić information content (AvgIpc) is 2.90. The number of amides is 1. The number of aromatic nitrogens is 2. The van der Waals surface area contributed by atoms with Gasteiger partial charge in [0.15, 0.2) is 0 Å². The summed E-state index contributed by atoms with van der Waals surface area (Å²) < 4.78 is 6.75. The summed E-state index contributed by atoms with van der Waals surface area (Å²) in [5, 5.41) is 6.87. The molecule has 0 spiro atoms. The number of nitrogens with one attached hydrogen (secondary N) is 1. The molecule has 5 nitrogen and oxygen atoms in total. The van der Waals surface area contributed by atoms with Gasteiger partial charge in [-0.2, -0.15) is 5.10 Å². The fourth-order valence-electron chi connectivity index (χ4n) is 2.01. The second-order valence-electron chi connectivity index (χ2n) is 4.55. The summed E-state index contributed by atoms with van der Waals surface area (Å²) in [5.41, 5.74) is 1.78. The molecule has 1 heterocycles. The van der Waals surface area contributed by atoms with Crippen molar-refractivity contribution in [1.82, 2.24) is 15.1 Å². The quantitative estimate of drug-likeness (QED) is 0.816. The smallest absolute Gasteiger partial charge is 0.269 e. The average molecular weight is 273 g/mol. The van der Waals surface area contributed by atoms with Crippen LogP contribution in [0.1, 0.15) is 22.5 Å². The van der Waals surface area contributed by atoms with Crippen LogP contribution in [0.3, 0.4) is 0 Å². The van der Waals surface area contributed by atoms with Crippen molar-refractivity contribution in [3.63, 3.8) is 0 Å². The highest BCUT2D eigenvalue weighted by Gasteiger charge is 2.08. The monoisotopic (exact) mass is 273 g/mol. The second-order valence-corrected chi connectivity index (χ2v) is 4.55. The number of carbonyl (C=O) groups excluding carboxylic acids is 1. The molecule has 20 heavy (non-hydrogen) atoms. The molecule has 106 valence electrons. The largest absolute Gasteiger partial charge is 0.497 e.